The molecule has 0 aliphatic carbocycles. The van der Waals surface area contributed by atoms with Gasteiger partial charge in [-0.15, -0.1) is 0 Å². The van der Waals surface area contributed by atoms with E-state index in [1.807, 2.05) is 48.1 Å². The molecule has 3 aliphatic rings. The number of fused-ring (bicyclic) bond motifs is 5. The van der Waals surface area contributed by atoms with Crippen molar-refractivity contribution in [2.24, 2.45) is 18.9 Å². The fourth-order valence-corrected chi connectivity index (χ4v) is 6.76. The molecule has 1 fully saturated rings. The number of para-hydroxylation sites is 2. The van der Waals surface area contributed by atoms with E-state index in [0.717, 1.165) is 65.5 Å². The Kier molecular flexibility index (Phi) is 4.39. The Labute approximate surface area is 203 Å². The van der Waals surface area contributed by atoms with Gasteiger partial charge in [0.1, 0.15) is 0 Å². The third kappa shape index (κ3) is 2.86. The molecule has 3 aliphatic heterocycles. The fraction of sp³-hybridized carbons (Fsp3) is 0.310. The number of nitrogens with one attached hydrogen (secondary N) is 1. The molecule has 6 nitrogen and oxygen atoms in total. The number of nitrogens with zero attached hydrogens (tertiary/aromatic N) is 3. The molecule has 2 aromatic heterocycles. The monoisotopic (exact) mass is 464 g/mol. The van der Waals surface area contributed by atoms with E-state index in [-0.39, 0.29) is 11.8 Å². The first kappa shape index (κ1) is 20.7. The first-order valence-corrected chi connectivity index (χ1v) is 12.5. The topological polar surface area (TPSA) is 59.3 Å². The van der Waals surface area contributed by atoms with Crippen molar-refractivity contribution in [2.75, 3.05) is 19.6 Å². The SMILES string of the molecule is CCN1CC2Cc3c(C4=C(c5cn(C)c6ccccc56)C(=O)NC4=O)c4ccccc4n3CC2C1. The zero-order chi connectivity index (χ0) is 23.8. The van der Waals surface area contributed by atoms with Gasteiger partial charge in [-0.2, -0.15) is 0 Å². The lowest BCUT2D eigenvalue weighted by atomic mass is 9.85. The highest BCUT2D eigenvalue weighted by molar-refractivity contribution is 6.51. The summed E-state index contributed by atoms with van der Waals surface area (Å²) in [6.07, 6.45) is 2.91. The van der Waals surface area contributed by atoms with E-state index in [0.29, 0.717) is 23.0 Å². The molecule has 2 atom stereocenters. The molecule has 4 aromatic rings. The molecule has 0 bridgehead atoms. The Hall–Kier alpha value is -3.64. The van der Waals surface area contributed by atoms with Crippen LogP contribution in [0.4, 0.5) is 0 Å². The molecular weight excluding hydrogens is 436 g/mol. The van der Waals surface area contributed by atoms with Crippen LogP contribution in [0.1, 0.15) is 23.7 Å². The zero-order valence-electron chi connectivity index (χ0n) is 20.0. The number of aryl methyl sites for hydroxylation is 1. The molecule has 176 valence electrons. The Morgan fingerprint density at radius 2 is 1.54 bits per heavy atom. The summed E-state index contributed by atoms with van der Waals surface area (Å²) in [7, 11) is 1.98. The van der Waals surface area contributed by atoms with Crippen LogP contribution in [-0.4, -0.2) is 45.5 Å². The van der Waals surface area contributed by atoms with Crippen molar-refractivity contribution >= 4 is 44.8 Å². The van der Waals surface area contributed by atoms with E-state index in [2.05, 4.69) is 39.9 Å². The fourth-order valence-electron chi connectivity index (χ4n) is 6.76. The highest BCUT2D eigenvalue weighted by Crippen LogP contribution is 2.44. The second kappa shape index (κ2) is 7.43. The zero-order valence-corrected chi connectivity index (χ0v) is 20.0. The Balaban J connectivity index is 1.51. The Bertz CT molecular complexity index is 1590. The minimum absolute atomic E-state index is 0.291. The van der Waals surface area contributed by atoms with Crippen molar-refractivity contribution in [3.05, 3.63) is 71.5 Å². The number of likely N-dealkylation sites (tertiary alicyclic amines) is 1. The molecule has 2 unspecified atom stereocenters. The molecular formula is C29H28N4O2. The third-order valence-electron chi connectivity index (χ3n) is 8.40. The van der Waals surface area contributed by atoms with Gasteiger partial charge in [0.2, 0.25) is 0 Å². The summed E-state index contributed by atoms with van der Waals surface area (Å²) in [5.41, 5.74) is 6.18. The maximum atomic E-state index is 13.5. The Morgan fingerprint density at radius 3 is 2.34 bits per heavy atom. The lowest BCUT2D eigenvalue weighted by Gasteiger charge is -2.28. The van der Waals surface area contributed by atoms with Gasteiger partial charge in [0.25, 0.3) is 11.8 Å². The van der Waals surface area contributed by atoms with E-state index in [1.54, 1.807) is 0 Å². The number of amides is 2. The van der Waals surface area contributed by atoms with Crippen molar-refractivity contribution < 1.29 is 9.59 Å². The number of rotatable bonds is 3. The minimum atomic E-state index is -0.308. The van der Waals surface area contributed by atoms with E-state index < -0.39 is 0 Å². The van der Waals surface area contributed by atoms with Crippen LogP contribution in [0.15, 0.2) is 54.7 Å². The normalized spacial score (nSPS) is 22.3. The molecule has 5 heterocycles. The van der Waals surface area contributed by atoms with Crippen LogP contribution >= 0.6 is 0 Å². The first-order chi connectivity index (χ1) is 17.0. The molecule has 0 saturated carbocycles. The van der Waals surface area contributed by atoms with Gasteiger partial charge in [-0.3, -0.25) is 14.9 Å². The Morgan fingerprint density at radius 1 is 0.857 bits per heavy atom. The van der Waals surface area contributed by atoms with Gasteiger partial charge in [-0.25, -0.2) is 0 Å². The van der Waals surface area contributed by atoms with Gasteiger partial charge in [-0.1, -0.05) is 43.3 Å². The summed E-state index contributed by atoms with van der Waals surface area (Å²) in [6.45, 7) is 6.49. The van der Waals surface area contributed by atoms with Crippen LogP contribution in [0.25, 0.3) is 33.0 Å². The van der Waals surface area contributed by atoms with E-state index in [1.165, 1.54) is 5.69 Å². The lowest BCUT2D eigenvalue weighted by molar-refractivity contribution is -0.122. The largest absolute Gasteiger partial charge is 0.350 e. The standard InChI is InChI=1S/C29H28N4O2/c1-3-32-13-17-12-24-25(20-9-5-7-11-23(20)33(24)15-18(17)14-32)27-26(28(34)30-29(27)35)21-16-31(2)22-10-6-4-8-19(21)22/h4-11,16-18H,3,12-15H2,1-2H3,(H,30,34,35). The average molecular weight is 465 g/mol. The van der Waals surface area contributed by atoms with Gasteiger partial charge >= 0.3 is 0 Å². The van der Waals surface area contributed by atoms with Gasteiger partial charge < -0.3 is 14.0 Å². The molecule has 0 radical (unpaired) electrons. The van der Waals surface area contributed by atoms with E-state index >= 15 is 0 Å². The van der Waals surface area contributed by atoms with E-state index in [9.17, 15) is 9.59 Å². The maximum absolute atomic E-state index is 13.5. The van der Waals surface area contributed by atoms with Crippen LogP contribution in [0.5, 0.6) is 0 Å². The van der Waals surface area contributed by atoms with Crippen molar-refractivity contribution in [1.82, 2.24) is 19.4 Å². The van der Waals surface area contributed by atoms with Crippen LogP contribution in [0.2, 0.25) is 0 Å². The van der Waals surface area contributed by atoms with E-state index in [4.69, 9.17) is 0 Å². The van der Waals surface area contributed by atoms with Gasteiger partial charge in [0.15, 0.2) is 0 Å². The first-order valence-electron chi connectivity index (χ1n) is 12.5. The molecule has 7 rings (SSSR count). The number of imide groups is 1. The second-order valence-electron chi connectivity index (χ2n) is 10.2. The second-order valence-corrected chi connectivity index (χ2v) is 10.2. The van der Waals surface area contributed by atoms with Gasteiger partial charge in [-0.05, 0) is 36.9 Å². The van der Waals surface area contributed by atoms with Crippen LogP contribution in [0.3, 0.4) is 0 Å². The summed E-state index contributed by atoms with van der Waals surface area (Å²) < 4.78 is 4.45. The quantitative estimate of drug-likeness (QED) is 0.469. The molecule has 6 heteroatoms. The van der Waals surface area contributed by atoms with Gasteiger partial charge in [0.05, 0.1) is 11.1 Å². The number of hydrogen-bond donors (Lipinski definition) is 1. The minimum Gasteiger partial charge on any atom is -0.350 e. The molecule has 1 N–H and O–H groups in total. The van der Waals surface area contributed by atoms with Crippen LogP contribution in [-0.2, 0) is 29.6 Å². The molecule has 2 amide bonds. The molecule has 35 heavy (non-hydrogen) atoms. The molecule has 1 saturated heterocycles. The highest BCUT2D eigenvalue weighted by atomic mass is 16.2. The van der Waals surface area contributed by atoms with Crippen molar-refractivity contribution in [2.45, 2.75) is 19.9 Å². The summed E-state index contributed by atoms with van der Waals surface area (Å²) in [6, 6.07) is 16.4. The van der Waals surface area contributed by atoms with Crippen molar-refractivity contribution in [3.8, 4) is 0 Å². The van der Waals surface area contributed by atoms with Crippen molar-refractivity contribution in [1.29, 1.82) is 0 Å². The van der Waals surface area contributed by atoms with Crippen LogP contribution < -0.4 is 5.32 Å². The summed E-state index contributed by atoms with van der Waals surface area (Å²) in [4.78, 5) is 29.3. The molecule has 2 aromatic carbocycles. The highest BCUT2D eigenvalue weighted by Gasteiger charge is 2.41. The average Bonchev–Trinajstić information content (AvgIpc) is 3.58. The van der Waals surface area contributed by atoms with Crippen LogP contribution in [0, 0.1) is 11.8 Å². The predicted octanol–water partition coefficient (Wildman–Crippen LogP) is 3.82. The number of carbonyl (C=O) groups excluding carboxylic acids is 2. The lowest BCUT2D eigenvalue weighted by Crippen LogP contribution is -2.28. The summed E-state index contributed by atoms with van der Waals surface area (Å²) in [5, 5.41) is 4.68. The summed E-state index contributed by atoms with van der Waals surface area (Å²) >= 11 is 0. The number of benzene rings is 2. The predicted molar refractivity (Wildman–Crippen MR) is 138 cm³/mol. The number of hydrogen-bond acceptors (Lipinski definition) is 3. The third-order valence-corrected chi connectivity index (χ3v) is 8.40. The molecule has 0 spiro atoms. The summed E-state index contributed by atoms with van der Waals surface area (Å²) in [5.74, 6) is 0.599. The van der Waals surface area contributed by atoms with Gasteiger partial charge in [0, 0.05) is 71.5 Å². The smallest absolute Gasteiger partial charge is 0.259 e. The maximum Gasteiger partial charge on any atom is 0.259 e. The number of aromatic nitrogens is 2. The number of carbonyl (C=O) groups is 2. The van der Waals surface area contributed by atoms with Crippen molar-refractivity contribution in [3.63, 3.8) is 0 Å².